The highest BCUT2D eigenvalue weighted by Gasteiger charge is 2.35. The topological polar surface area (TPSA) is 47.6 Å². The monoisotopic (exact) mass is 243 g/mol. The van der Waals surface area contributed by atoms with E-state index in [1.54, 1.807) is 7.05 Å². The average Bonchev–Trinajstić information content (AvgIpc) is 2.36. The van der Waals surface area contributed by atoms with Crippen molar-refractivity contribution < 1.29 is 14.3 Å². The lowest BCUT2D eigenvalue weighted by Gasteiger charge is -2.33. The van der Waals surface area contributed by atoms with E-state index in [9.17, 15) is 4.79 Å². The highest BCUT2D eigenvalue weighted by Crippen LogP contribution is 2.27. The molecule has 1 N–H and O–H groups in total. The third-order valence-electron chi connectivity index (χ3n) is 3.81. The Labute approximate surface area is 104 Å². The molecule has 0 aliphatic heterocycles. The molecule has 100 valence electrons. The molecule has 1 rings (SSSR count). The molecule has 3 atom stereocenters. The minimum absolute atomic E-state index is 0.275. The predicted molar refractivity (Wildman–Crippen MR) is 66.9 cm³/mol. The van der Waals surface area contributed by atoms with Gasteiger partial charge in [0.1, 0.15) is 5.54 Å². The third-order valence-corrected chi connectivity index (χ3v) is 3.81. The molecule has 0 saturated heterocycles. The van der Waals surface area contributed by atoms with Crippen molar-refractivity contribution in [3.8, 4) is 0 Å². The fourth-order valence-corrected chi connectivity index (χ4v) is 2.26. The Balaban J connectivity index is 2.49. The van der Waals surface area contributed by atoms with E-state index in [1.165, 1.54) is 26.4 Å². The summed E-state index contributed by atoms with van der Waals surface area (Å²) in [5.41, 5.74) is -0.744. The minimum Gasteiger partial charge on any atom is -0.468 e. The second-order valence-electron chi connectivity index (χ2n) is 5.18. The average molecular weight is 243 g/mol. The largest absolute Gasteiger partial charge is 0.468 e. The Morgan fingerprint density at radius 1 is 1.41 bits per heavy atom. The second-order valence-corrected chi connectivity index (χ2v) is 5.18. The van der Waals surface area contributed by atoms with Gasteiger partial charge < -0.3 is 14.8 Å². The van der Waals surface area contributed by atoms with Gasteiger partial charge in [0.2, 0.25) is 0 Å². The zero-order valence-corrected chi connectivity index (χ0v) is 11.4. The van der Waals surface area contributed by atoms with Gasteiger partial charge in [-0.3, -0.25) is 0 Å². The van der Waals surface area contributed by atoms with Gasteiger partial charge in [0.25, 0.3) is 0 Å². The Kier molecular flexibility index (Phi) is 5.40. The van der Waals surface area contributed by atoms with Crippen LogP contribution in [0.2, 0.25) is 0 Å². The SMILES string of the molecule is CNC(C)(COC1CCCCC1C)C(=O)OC. The van der Waals surface area contributed by atoms with Crippen LogP contribution in [0.5, 0.6) is 0 Å². The molecule has 0 aromatic rings. The van der Waals surface area contributed by atoms with E-state index >= 15 is 0 Å². The Morgan fingerprint density at radius 3 is 2.59 bits per heavy atom. The molecule has 0 bridgehead atoms. The number of esters is 1. The van der Waals surface area contributed by atoms with E-state index in [2.05, 4.69) is 12.2 Å². The van der Waals surface area contributed by atoms with E-state index in [-0.39, 0.29) is 12.1 Å². The Morgan fingerprint density at radius 2 is 2.06 bits per heavy atom. The van der Waals surface area contributed by atoms with E-state index in [0.717, 1.165) is 6.42 Å². The second kappa shape index (κ2) is 6.36. The summed E-state index contributed by atoms with van der Waals surface area (Å²) in [5.74, 6) is 0.311. The van der Waals surface area contributed by atoms with Crippen LogP contribution in [0.25, 0.3) is 0 Å². The number of carbonyl (C=O) groups is 1. The molecule has 17 heavy (non-hydrogen) atoms. The van der Waals surface area contributed by atoms with Crippen LogP contribution in [0.15, 0.2) is 0 Å². The van der Waals surface area contributed by atoms with E-state index in [4.69, 9.17) is 9.47 Å². The van der Waals surface area contributed by atoms with Gasteiger partial charge >= 0.3 is 5.97 Å². The van der Waals surface area contributed by atoms with E-state index < -0.39 is 5.54 Å². The standard InChI is InChI=1S/C13H25NO3/c1-10-7-5-6-8-11(10)17-9-13(2,14-3)12(15)16-4/h10-11,14H,5-9H2,1-4H3. The van der Waals surface area contributed by atoms with Crippen molar-refractivity contribution in [2.75, 3.05) is 20.8 Å². The summed E-state index contributed by atoms with van der Waals surface area (Å²) in [6.45, 7) is 4.40. The number of hydrogen-bond donors (Lipinski definition) is 1. The Bertz CT molecular complexity index is 257. The molecule has 0 spiro atoms. The fourth-order valence-electron chi connectivity index (χ4n) is 2.26. The first-order chi connectivity index (χ1) is 8.03. The zero-order chi connectivity index (χ0) is 12.9. The fraction of sp³-hybridized carbons (Fsp3) is 0.923. The molecule has 4 heteroatoms. The molecule has 4 nitrogen and oxygen atoms in total. The van der Waals surface area contributed by atoms with E-state index in [0.29, 0.717) is 12.5 Å². The first-order valence-electron chi connectivity index (χ1n) is 6.42. The highest BCUT2D eigenvalue weighted by molar-refractivity contribution is 5.80. The van der Waals surface area contributed by atoms with Crippen molar-refractivity contribution in [2.24, 2.45) is 5.92 Å². The number of methoxy groups -OCH3 is 1. The highest BCUT2D eigenvalue weighted by atomic mass is 16.5. The lowest BCUT2D eigenvalue weighted by molar-refractivity contribution is -0.152. The number of hydrogen-bond acceptors (Lipinski definition) is 4. The predicted octanol–water partition coefficient (Wildman–Crippen LogP) is 1.73. The first-order valence-corrected chi connectivity index (χ1v) is 6.42. The van der Waals surface area contributed by atoms with E-state index in [1.807, 2.05) is 6.92 Å². The number of ether oxygens (including phenoxy) is 2. The number of nitrogens with one attached hydrogen (secondary N) is 1. The normalized spacial score (nSPS) is 28.5. The van der Waals surface area contributed by atoms with Crippen molar-refractivity contribution in [1.82, 2.24) is 5.32 Å². The van der Waals surface area contributed by atoms with Crippen LogP contribution >= 0.6 is 0 Å². The van der Waals surface area contributed by atoms with Gasteiger partial charge in [0.05, 0.1) is 19.8 Å². The maximum atomic E-state index is 11.7. The van der Waals surface area contributed by atoms with Gasteiger partial charge in [0, 0.05) is 0 Å². The summed E-state index contributed by atoms with van der Waals surface area (Å²) in [5, 5.41) is 2.98. The lowest BCUT2D eigenvalue weighted by atomic mass is 9.88. The number of likely N-dealkylation sites (N-methyl/N-ethyl adjacent to an activating group) is 1. The molecular weight excluding hydrogens is 218 g/mol. The van der Waals surface area contributed by atoms with Crippen LogP contribution in [-0.4, -0.2) is 38.4 Å². The molecule has 0 amide bonds. The molecule has 0 heterocycles. The summed E-state index contributed by atoms with van der Waals surface area (Å²) >= 11 is 0. The molecule has 1 aliphatic rings. The van der Waals surface area contributed by atoms with Gasteiger partial charge in [-0.25, -0.2) is 4.79 Å². The van der Waals surface area contributed by atoms with Gasteiger partial charge in [-0.1, -0.05) is 19.8 Å². The molecule has 0 aromatic heterocycles. The minimum atomic E-state index is -0.744. The van der Waals surface area contributed by atoms with Crippen molar-refractivity contribution in [1.29, 1.82) is 0 Å². The van der Waals surface area contributed by atoms with Crippen molar-refractivity contribution in [3.05, 3.63) is 0 Å². The Hall–Kier alpha value is -0.610. The smallest absolute Gasteiger partial charge is 0.328 e. The summed E-state index contributed by atoms with van der Waals surface area (Å²) in [4.78, 5) is 11.7. The van der Waals surface area contributed by atoms with Crippen LogP contribution in [-0.2, 0) is 14.3 Å². The van der Waals surface area contributed by atoms with Crippen LogP contribution in [0.3, 0.4) is 0 Å². The maximum absolute atomic E-state index is 11.7. The molecule has 0 radical (unpaired) electrons. The molecule has 1 fully saturated rings. The van der Waals surface area contributed by atoms with Crippen LogP contribution < -0.4 is 5.32 Å². The van der Waals surface area contributed by atoms with Gasteiger partial charge in [-0.05, 0) is 32.7 Å². The third kappa shape index (κ3) is 3.68. The molecule has 1 aliphatic carbocycles. The van der Waals surface area contributed by atoms with Gasteiger partial charge in [0.15, 0.2) is 0 Å². The summed E-state index contributed by atoms with van der Waals surface area (Å²) in [6.07, 6.45) is 5.12. The summed E-state index contributed by atoms with van der Waals surface area (Å²) in [6, 6.07) is 0. The summed E-state index contributed by atoms with van der Waals surface area (Å²) in [7, 11) is 3.16. The lowest BCUT2D eigenvalue weighted by Crippen LogP contribution is -2.53. The molecule has 1 saturated carbocycles. The maximum Gasteiger partial charge on any atom is 0.328 e. The van der Waals surface area contributed by atoms with Crippen molar-refractivity contribution in [3.63, 3.8) is 0 Å². The van der Waals surface area contributed by atoms with Crippen LogP contribution in [0, 0.1) is 5.92 Å². The van der Waals surface area contributed by atoms with Crippen LogP contribution in [0.4, 0.5) is 0 Å². The molecular formula is C13H25NO3. The van der Waals surface area contributed by atoms with Crippen LogP contribution in [0.1, 0.15) is 39.5 Å². The first kappa shape index (κ1) is 14.5. The number of rotatable bonds is 5. The quantitative estimate of drug-likeness (QED) is 0.747. The van der Waals surface area contributed by atoms with Crippen molar-refractivity contribution in [2.45, 2.75) is 51.2 Å². The summed E-state index contributed by atoms with van der Waals surface area (Å²) < 4.78 is 10.7. The molecule has 3 unspecified atom stereocenters. The van der Waals surface area contributed by atoms with Gasteiger partial charge in [-0.2, -0.15) is 0 Å². The van der Waals surface area contributed by atoms with Gasteiger partial charge in [-0.15, -0.1) is 0 Å². The van der Waals surface area contributed by atoms with Crippen molar-refractivity contribution >= 4 is 5.97 Å². The zero-order valence-electron chi connectivity index (χ0n) is 11.4. The number of carbonyl (C=O) groups excluding carboxylic acids is 1. The molecule has 0 aromatic carbocycles.